The molecular formula is C20H22N4O. The highest BCUT2D eigenvalue weighted by molar-refractivity contribution is 5.47. The Kier molecular flexibility index (Phi) is 5.46. The van der Waals surface area contributed by atoms with Crippen molar-refractivity contribution in [2.75, 3.05) is 17.7 Å². The van der Waals surface area contributed by atoms with Crippen molar-refractivity contribution < 1.29 is 4.74 Å². The fourth-order valence-corrected chi connectivity index (χ4v) is 2.50. The number of aryl methyl sites for hydroxylation is 1. The van der Waals surface area contributed by atoms with Crippen LogP contribution in [0.25, 0.3) is 0 Å². The van der Waals surface area contributed by atoms with Gasteiger partial charge in [0.25, 0.3) is 0 Å². The quantitative estimate of drug-likeness (QED) is 0.683. The van der Waals surface area contributed by atoms with E-state index >= 15 is 0 Å². The van der Waals surface area contributed by atoms with Gasteiger partial charge in [-0.2, -0.15) is 0 Å². The molecule has 128 valence electrons. The van der Waals surface area contributed by atoms with Crippen LogP contribution in [0.1, 0.15) is 16.7 Å². The molecule has 1 heterocycles. The molecule has 0 spiro atoms. The van der Waals surface area contributed by atoms with Crippen molar-refractivity contribution in [3.8, 4) is 5.75 Å². The maximum absolute atomic E-state index is 5.17. The molecular weight excluding hydrogens is 312 g/mol. The SMILES string of the molecule is COc1ccc(CNc2cc(NCc3cccc(C)c3)ncn2)cc1. The van der Waals surface area contributed by atoms with Crippen molar-refractivity contribution in [1.82, 2.24) is 9.97 Å². The lowest BCUT2D eigenvalue weighted by molar-refractivity contribution is 0.414. The smallest absolute Gasteiger partial charge is 0.131 e. The highest BCUT2D eigenvalue weighted by Gasteiger charge is 2.00. The van der Waals surface area contributed by atoms with E-state index in [1.807, 2.05) is 30.3 Å². The molecule has 2 N–H and O–H groups in total. The lowest BCUT2D eigenvalue weighted by Crippen LogP contribution is -2.05. The molecule has 0 atom stereocenters. The highest BCUT2D eigenvalue weighted by atomic mass is 16.5. The molecule has 0 radical (unpaired) electrons. The Balaban J connectivity index is 1.57. The van der Waals surface area contributed by atoms with Gasteiger partial charge in [-0.3, -0.25) is 0 Å². The zero-order chi connectivity index (χ0) is 17.5. The van der Waals surface area contributed by atoms with E-state index in [4.69, 9.17) is 4.74 Å². The van der Waals surface area contributed by atoms with Gasteiger partial charge in [0, 0.05) is 19.2 Å². The molecule has 0 aliphatic rings. The number of aromatic nitrogens is 2. The van der Waals surface area contributed by atoms with Crippen LogP contribution in [-0.4, -0.2) is 17.1 Å². The molecule has 5 nitrogen and oxygen atoms in total. The summed E-state index contributed by atoms with van der Waals surface area (Å²) in [5, 5.41) is 6.65. The van der Waals surface area contributed by atoms with Crippen molar-refractivity contribution in [3.63, 3.8) is 0 Å². The first-order valence-corrected chi connectivity index (χ1v) is 8.21. The summed E-state index contributed by atoms with van der Waals surface area (Å²) in [6.45, 7) is 3.52. The predicted molar refractivity (Wildman–Crippen MR) is 101 cm³/mol. The van der Waals surface area contributed by atoms with Crippen molar-refractivity contribution >= 4 is 11.6 Å². The molecule has 0 unspecified atom stereocenters. The number of benzene rings is 2. The van der Waals surface area contributed by atoms with Crippen LogP contribution in [0.15, 0.2) is 60.9 Å². The first-order chi connectivity index (χ1) is 12.2. The molecule has 3 aromatic rings. The maximum atomic E-state index is 5.17. The van der Waals surface area contributed by atoms with Crippen molar-refractivity contribution in [1.29, 1.82) is 0 Å². The summed E-state index contributed by atoms with van der Waals surface area (Å²) in [6, 6.07) is 18.3. The van der Waals surface area contributed by atoms with Crippen LogP contribution in [0.5, 0.6) is 5.75 Å². The second-order valence-electron chi connectivity index (χ2n) is 5.83. The fraction of sp³-hybridized carbons (Fsp3) is 0.200. The number of methoxy groups -OCH3 is 1. The lowest BCUT2D eigenvalue weighted by Gasteiger charge is -2.09. The molecule has 5 heteroatoms. The first-order valence-electron chi connectivity index (χ1n) is 8.21. The standard InChI is InChI=1S/C20H22N4O/c1-15-4-3-5-17(10-15)13-22-20-11-19(23-14-24-20)21-12-16-6-8-18(25-2)9-7-16/h3-11,14H,12-13H2,1-2H3,(H2,21,22,23,24). The van der Waals surface area contributed by atoms with E-state index in [0.29, 0.717) is 6.54 Å². The summed E-state index contributed by atoms with van der Waals surface area (Å²) in [5.74, 6) is 2.44. The van der Waals surface area contributed by atoms with Gasteiger partial charge in [-0.15, -0.1) is 0 Å². The van der Waals surface area contributed by atoms with E-state index in [1.165, 1.54) is 11.1 Å². The van der Waals surface area contributed by atoms with Crippen LogP contribution in [0.2, 0.25) is 0 Å². The fourth-order valence-electron chi connectivity index (χ4n) is 2.50. The number of rotatable bonds is 7. The molecule has 25 heavy (non-hydrogen) atoms. The normalized spacial score (nSPS) is 10.3. The van der Waals surface area contributed by atoms with E-state index in [9.17, 15) is 0 Å². The van der Waals surface area contributed by atoms with E-state index in [0.717, 1.165) is 29.5 Å². The topological polar surface area (TPSA) is 59.1 Å². The Bertz CT molecular complexity index is 818. The van der Waals surface area contributed by atoms with Gasteiger partial charge in [0.05, 0.1) is 7.11 Å². The highest BCUT2D eigenvalue weighted by Crippen LogP contribution is 2.14. The summed E-state index contributed by atoms with van der Waals surface area (Å²) >= 11 is 0. The monoisotopic (exact) mass is 334 g/mol. The van der Waals surface area contributed by atoms with Gasteiger partial charge < -0.3 is 15.4 Å². The van der Waals surface area contributed by atoms with Gasteiger partial charge in [0.15, 0.2) is 0 Å². The molecule has 0 fully saturated rings. The summed E-state index contributed by atoms with van der Waals surface area (Å²) in [5.41, 5.74) is 3.64. The maximum Gasteiger partial charge on any atom is 0.131 e. The lowest BCUT2D eigenvalue weighted by atomic mass is 10.1. The zero-order valence-electron chi connectivity index (χ0n) is 14.5. The van der Waals surface area contributed by atoms with Crippen LogP contribution in [0, 0.1) is 6.92 Å². The van der Waals surface area contributed by atoms with Crippen LogP contribution in [0.3, 0.4) is 0 Å². The molecule has 1 aromatic heterocycles. The number of ether oxygens (including phenoxy) is 1. The van der Waals surface area contributed by atoms with Crippen molar-refractivity contribution in [2.24, 2.45) is 0 Å². The largest absolute Gasteiger partial charge is 0.497 e. The van der Waals surface area contributed by atoms with Gasteiger partial charge in [-0.25, -0.2) is 9.97 Å². The zero-order valence-corrected chi connectivity index (χ0v) is 14.5. The Morgan fingerprint density at radius 1 is 0.840 bits per heavy atom. The molecule has 0 saturated carbocycles. The van der Waals surface area contributed by atoms with Crippen LogP contribution >= 0.6 is 0 Å². The average molecular weight is 334 g/mol. The van der Waals surface area contributed by atoms with Gasteiger partial charge >= 0.3 is 0 Å². The van der Waals surface area contributed by atoms with Crippen molar-refractivity contribution in [2.45, 2.75) is 20.0 Å². The second kappa shape index (κ2) is 8.15. The summed E-state index contributed by atoms with van der Waals surface area (Å²) in [7, 11) is 1.67. The third-order valence-electron chi connectivity index (χ3n) is 3.86. The summed E-state index contributed by atoms with van der Waals surface area (Å²) in [6.07, 6.45) is 1.56. The number of nitrogens with one attached hydrogen (secondary N) is 2. The third kappa shape index (κ3) is 4.94. The molecule has 0 saturated heterocycles. The third-order valence-corrected chi connectivity index (χ3v) is 3.86. The van der Waals surface area contributed by atoms with Gasteiger partial charge in [-0.05, 0) is 30.2 Å². The molecule has 0 bridgehead atoms. The van der Waals surface area contributed by atoms with E-state index < -0.39 is 0 Å². The minimum atomic E-state index is 0.693. The van der Waals surface area contributed by atoms with Gasteiger partial charge in [0.2, 0.25) is 0 Å². The van der Waals surface area contributed by atoms with Crippen LogP contribution in [0.4, 0.5) is 11.6 Å². The predicted octanol–water partition coefficient (Wildman–Crippen LogP) is 4.02. The van der Waals surface area contributed by atoms with Crippen LogP contribution < -0.4 is 15.4 Å². The first kappa shape index (κ1) is 16.8. The molecule has 2 aromatic carbocycles. The minimum Gasteiger partial charge on any atom is -0.497 e. The van der Waals surface area contributed by atoms with E-state index in [2.05, 4.69) is 51.8 Å². The Hall–Kier alpha value is -3.08. The molecule has 0 aliphatic heterocycles. The number of anilines is 2. The number of nitrogens with zero attached hydrogens (tertiary/aromatic N) is 2. The van der Waals surface area contributed by atoms with E-state index in [1.54, 1.807) is 13.4 Å². The van der Waals surface area contributed by atoms with Gasteiger partial charge in [-0.1, -0.05) is 42.0 Å². The molecule has 0 aliphatic carbocycles. The number of hydrogen-bond donors (Lipinski definition) is 2. The van der Waals surface area contributed by atoms with Gasteiger partial charge in [0.1, 0.15) is 23.7 Å². The second-order valence-corrected chi connectivity index (χ2v) is 5.83. The average Bonchev–Trinajstić information content (AvgIpc) is 2.65. The Morgan fingerprint density at radius 2 is 1.52 bits per heavy atom. The Labute approximate surface area is 148 Å². The molecule has 0 amide bonds. The summed E-state index contributed by atoms with van der Waals surface area (Å²) < 4.78 is 5.17. The summed E-state index contributed by atoms with van der Waals surface area (Å²) in [4.78, 5) is 8.55. The van der Waals surface area contributed by atoms with E-state index in [-0.39, 0.29) is 0 Å². The molecule has 3 rings (SSSR count). The number of hydrogen-bond acceptors (Lipinski definition) is 5. The Morgan fingerprint density at radius 3 is 2.16 bits per heavy atom. The minimum absolute atomic E-state index is 0.693. The van der Waals surface area contributed by atoms with Crippen molar-refractivity contribution in [3.05, 3.63) is 77.6 Å². The van der Waals surface area contributed by atoms with Crippen LogP contribution in [-0.2, 0) is 13.1 Å².